The van der Waals surface area contributed by atoms with Gasteiger partial charge >= 0.3 is 6.36 Å². The summed E-state index contributed by atoms with van der Waals surface area (Å²) in [6.07, 6.45) is -1.29. The van der Waals surface area contributed by atoms with Gasteiger partial charge in [-0.15, -0.1) is 13.2 Å². The van der Waals surface area contributed by atoms with Gasteiger partial charge in [0.2, 0.25) is 0 Å². The second-order valence-electron chi connectivity index (χ2n) is 7.44. The molecule has 0 saturated carbocycles. The number of aryl methyl sites for hydroxylation is 2. The number of aromatic nitrogens is 2. The van der Waals surface area contributed by atoms with Gasteiger partial charge in [0.15, 0.2) is 0 Å². The third kappa shape index (κ3) is 5.74. The van der Waals surface area contributed by atoms with Gasteiger partial charge in [-0.3, -0.25) is 4.79 Å². The molecule has 1 saturated heterocycles. The summed E-state index contributed by atoms with van der Waals surface area (Å²) >= 11 is 0. The summed E-state index contributed by atoms with van der Waals surface area (Å²) in [7, 11) is -1.43. The lowest BCUT2D eigenvalue weighted by atomic mass is 10.1. The molecule has 3 rings (SSSR count). The molecule has 164 valence electrons. The highest BCUT2D eigenvalue weighted by Crippen LogP contribution is 2.27. The van der Waals surface area contributed by atoms with E-state index < -0.39 is 22.1 Å². The molecule has 2 heterocycles. The molecule has 1 aliphatic rings. The predicted molar refractivity (Wildman–Crippen MR) is 103 cm³/mol. The highest BCUT2D eigenvalue weighted by atomic mass is 32.2. The van der Waals surface area contributed by atoms with Crippen LogP contribution in [0, 0.1) is 6.92 Å². The minimum Gasteiger partial charge on any atom is -0.406 e. The van der Waals surface area contributed by atoms with Gasteiger partial charge in [0.05, 0.1) is 17.8 Å². The zero-order valence-electron chi connectivity index (χ0n) is 16.5. The average molecular weight is 445 g/mol. The molecule has 0 unspecified atom stereocenters. The number of benzene rings is 1. The van der Waals surface area contributed by atoms with Crippen LogP contribution in [0.25, 0.3) is 0 Å². The Morgan fingerprint density at radius 2 is 1.93 bits per heavy atom. The van der Waals surface area contributed by atoms with Crippen LogP contribution in [0.2, 0.25) is 0 Å². The van der Waals surface area contributed by atoms with Crippen LogP contribution in [0.1, 0.15) is 34.5 Å². The Labute approximate surface area is 172 Å². The number of hydrogen-bond acceptors (Lipinski definition) is 5. The topological polar surface area (TPSA) is 81.5 Å². The van der Waals surface area contributed by atoms with Gasteiger partial charge in [-0.1, -0.05) is 6.07 Å². The van der Waals surface area contributed by atoms with Crippen molar-refractivity contribution in [2.24, 2.45) is 7.05 Å². The molecule has 0 aliphatic carbocycles. The van der Waals surface area contributed by atoms with Gasteiger partial charge in [0.1, 0.15) is 21.3 Å². The fourth-order valence-electron chi connectivity index (χ4n) is 3.53. The van der Waals surface area contributed by atoms with Crippen molar-refractivity contribution >= 4 is 15.7 Å². The van der Waals surface area contributed by atoms with Crippen molar-refractivity contribution in [2.75, 3.05) is 11.5 Å². The number of alkyl halides is 3. The van der Waals surface area contributed by atoms with Gasteiger partial charge in [-0.25, -0.2) is 13.4 Å². The average Bonchev–Trinajstić information content (AvgIpc) is 3.04. The molecule has 1 aromatic carbocycles. The highest BCUT2D eigenvalue weighted by molar-refractivity contribution is 7.91. The lowest BCUT2D eigenvalue weighted by Crippen LogP contribution is -2.44. The minimum atomic E-state index is -4.83. The first kappa shape index (κ1) is 22.1. The van der Waals surface area contributed by atoms with E-state index in [1.54, 1.807) is 30.8 Å². The van der Waals surface area contributed by atoms with Crippen molar-refractivity contribution < 1.29 is 31.1 Å². The largest absolute Gasteiger partial charge is 0.573 e. The fraction of sp³-hybridized carbons (Fsp3) is 0.474. The van der Waals surface area contributed by atoms with Gasteiger partial charge < -0.3 is 14.2 Å². The summed E-state index contributed by atoms with van der Waals surface area (Å²) in [4.78, 5) is 18.7. The Kier molecular flexibility index (Phi) is 6.11. The molecular formula is C19H22F3N3O4S. The van der Waals surface area contributed by atoms with E-state index in [9.17, 15) is 26.4 Å². The van der Waals surface area contributed by atoms with Crippen molar-refractivity contribution in [1.29, 1.82) is 0 Å². The van der Waals surface area contributed by atoms with Crippen molar-refractivity contribution in [3.63, 3.8) is 0 Å². The van der Waals surface area contributed by atoms with E-state index in [2.05, 4.69) is 9.72 Å². The standard InChI is InChI=1S/C19H22F3N3O4S/c1-13-7-14(9-16(8-13)29-19(20,21)22)10-25(15-3-5-30(27,28)6-4-15)18(26)17-11-24(2)12-23-17/h7-9,11-12,15H,3-6,10H2,1-2H3. The molecule has 11 heteroatoms. The van der Waals surface area contributed by atoms with Crippen LogP contribution in [0.5, 0.6) is 5.75 Å². The van der Waals surface area contributed by atoms with Crippen LogP contribution in [-0.2, 0) is 23.4 Å². The smallest absolute Gasteiger partial charge is 0.406 e. The van der Waals surface area contributed by atoms with E-state index in [0.29, 0.717) is 11.1 Å². The van der Waals surface area contributed by atoms with Gasteiger partial charge in [-0.2, -0.15) is 0 Å². The molecule has 0 atom stereocenters. The van der Waals surface area contributed by atoms with Gasteiger partial charge in [-0.05, 0) is 43.0 Å². The Morgan fingerprint density at radius 1 is 1.27 bits per heavy atom. The monoisotopic (exact) mass is 445 g/mol. The number of rotatable bonds is 5. The number of sulfone groups is 1. The van der Waals surface area contributed by atoms with Crippen LogP contribution >= 0.6 is 0 Å². The molecule has 1 aliphatic heterocycles. The SMILES string of the molecule is Cc1cc(CN(C(=O)c2cn(C)cn2)C2CCS(=O)(=O)CC2)cc(OC(F)(F)F)c1. The zero-order chi connectivity index (χ0) is 22.1. The molecule has 2 aromatic rings. The Morgan fingerprint density at radius 3 is 2.50 bits per heavy atom. The number of carbonyl (C=O) groups is 1. The third-order valence-electron chi connectivity index (χ3n) is 4.85. The summed E-state index contributed by atoms with van der Waals surface area (Å²) < 4.78 is 67.1. The maximum absolute atomic E-state index is 13.1. The van der Waals surface area contributed by atoms with E-state index in [1.165, 1.54) is 23.4 Å². The summed E-state index contributed by atoms with van der Waals surface area (Å²) in [5.74, 6) is -0.853. The summed E-state index contributed by atoms with van der Waals surface area (Å²) in [6, 6.07) is 3.80. The summed E-state index contributed by atoms with van der Waals surface area (Å²) in [6.45, 7) is 1.64. The first-order valence-electron chi connectivity index (χ1n) is 9.27. The molecule has 0 radical (unpaired) electrons. The fourth-order valence-corrected chi connectivity index (χ4v) is 5.00. The lowest BCUT2D eigenvalue weighted by molar-refractivity contribution is -0.274. The maximum Gasteiger partial charge on any atom is 0.573 e. The second kappa shape index (κ2) is 8.29. The third-order valence-corrected chi connectivity index (χ3v) is 6.56. The molecule has 0 spiro atoms. The number of carbonyl (C=O) groups excluding carboxylic acids is 1. The zero-order valence-corrected chi connectivity index (χ0v) is 17.3. The van der Waals surface area contributed by atoms with Crippen molar-refractivity contribution in [2.45, 2.75) is 38.7 Å². The van der Waals surface area contributed by atoms with Crippen LogP contribution < -0.4 is 4.74 Å². The van der Waals surface area contributed by atoms with Crippen LogP contribution in [0.4, 0.5) is 13.2 Å². The van der Waals surface area contributed by atoms with E-state index in [-0.39, 0.29) is 48.4 Å². The molecule has 7 nitrogen and oxygen atoms in total. The summed E-state index contributed by atoms with van der Waals surface area (Å²) in [5.41, 5.74) is 1.18. The Hall–Kier alpha value is -2.56. The minimum absolute atomic E-state index is 0.00994. The Bertz CT molecular complexity index is 1020. The Balaban J connectivity index is 1.90. The number of halogens is 3. The number of hydrogen-bond donors (Lipinski definition) is 0. The molecule has 30 heavy (non-hydrogen) atoms. The van der Waals surface area contributed by atoms with E-state index in [1.807, 2.05) is 0 Å². The van der Waals surface area contributed by atoms with Gasteiger partial charge in [0, 0.05) is 25.8 Å². The van der Waals surface area contributed by atoms with E-state index in [0.717, 1.165) is 0 Å². The molecule has 1 amide bonds. The first-order chi connectivity index (χ1) is 13.9. The van der Waals surface area contributed by atoms with E-state index >= 15 is 0 Å². The van der Waals surface area contributed by atoms with Crippen molar-refractivity contribution in [1.82, 2.24) is 14.5 Å². The second-order valence-corrected chi connectivity index (χ2v) is 9.75. The number of nitrogens with zero attached hydrogens (tertiary/aromatic N) is 3. The van der Waals surface area contributed by atoms with Crippen LogP contribution in [0.15, 0.2) is 30.7 Å². The molecule has 0 N–H and O–H groups in total. The molecule has 0 bridgehead atoms. The number of amides is 1. The number of imidazole rings is 1. The van der Waals surface area contributed by atoms with Crippen molar-refractivity contribution in [3.05, 3.63) is 47.5 Å². The highest BCUT2D eigenvalue weighted by Gasteiger charge is 2.33. The lowest BCUT2D eigenvalue weighted by Gasteiger charge is -2.34. The maximum atomic E-state index is 13.1. The quantitative estimate of drug-likeness (QED) is 0.707. The number of ether oxygens (including phenoxy) is 1. The van der Waals surface area contributed by atoms with Crippen LogP contribution in [-0.4, -0.2) is 52.7 Å². The first-order valence-corrected chi connectivity index (χ1v) is 11.1. The normalized spacial score (nSPS) is 17.0. The van der Waals surface area contributed by atoms with Gasteiger partial charge in [0.25, 0.3) is 5.91 Å². The summed E-state index contributed by atoms with van der Waals surface area (Å²) in [5, 5.41) is 0. The van der Waals surface area contributed by atoms with Crippen molar-refractivity contribution in [3.8, 4) is 5.75 Å². The molecular weight excluding hydrogens is 423 g/mol. The molecule has 1 fully saturated rings. The van der Waals surface area contributed by atoms with E-state index in [4.69, 9.17) is 0 Å². The molecule has 1 aromatic heterocycles. The van der Waals surface area contributed by atoms with Crippen LogP contribution in [0.3, 0.4) is 0 Å². The predicted octanol–water partition coefficient (Wildman–Crippen LogP) is 2.85.